The Morgan fingerprint density at radius 2 is 1.94 bits per heavy atom. The van der Waals surface area contributed by atoms with Gasteiger partial charge in [-0.2, -0.15) is 0 Å². The van der Waals surface area contributed by atoms with Crippen LogP contribution in [0.3, 0.4) is 0 Å². The van der Waals surface area contributed by atoms with Gasteiger partial charge in [0.1, 0.15) is 6.17 Å². The van der Waals surface area contributed by atoms with Gasteiger partial charge in [0.05, 0.1) is 0 Å². The quantitative estimate of drug-likeness (QED) is 0.828. The number of benzene rings is 1. The van der Waals surface area contributed by atoms with Crippen LogP contribution in [0, 0.1) is 0 Å². The minimum absolute atomic E-state index is 0.390. The molecule has 2 N–H and O–H groups in total. The van der Waals surface area contributed by atoms with Crippen LogP contribution in [0.15, 0.2) is 18.2 Å². The number of halogens is 2. The minimum atomic E-state index is -1.07. The molecular formula is C14H19ClFN. The lowest BCUT2D eigenvalue weighted by Gasteiger charge is -2.36. The molecule has 0 bridgehead atoms. The first kappa shape index (κ1) is 12.8. The monoisotopic (exact) mass is 255 g/mol. The van der Waals surface area contributed by atoms with Crippen molar-refractivity contribution in [1.82, 2.24) is 0 Å². The third-order valence-electron chi connectivity index (χ3n) is 3.73. The molecule has 1 fully saturated rings. The van der Waals surface area contributed by atoms with Crippen molar-refractivity contribution < 1.29 is 4.39 Å². The van der Waals surface area contributed by atoms with E-state index in [1.807, 2.05) is 12.1 Å². The maximum atomic E-state index is 13.7. The average molecular weight is 256 g/mol. The molecule has 17 heavy (non-hydrogen) atoms. The second-order valence-electron chi connectivity index (χ2n) is 5.03. The molecule has 1 unspecified atom stereocenters. The number of rotatable bonds is 2. The van der Waals surface area contributed by atoms with Gasteiger partial charge in [-0.15, -0.1) is 0 Å². The number of alkyl halides is 1. The lowest BCUT2D eigenvalue weighted by atomic mass is 9.75. The van der Waals surface area contributed by atoms with Crippen molar-refractivity contribution in [1.29, 1.82) is 0 Å². The first-order chi connectivity index (χ1) is 8.04. The fraction of sp³-hybridized carbons (Fsp3) is 0.571. The van der Waals surface area contributed by atoms with E-state index in [2.05, 4.69) is 0 Å². The van der Waals surface area contributed by atoms with Crippen LogP contribution in [-0.2, 0) is 5.54 Å². The summed E-state index contributed by atoms with van der Waals surface area (Å²) in [6.45, 7) is 1.52. The van der Waals surface area contributed by atoms with Gasteiger partial charge in [-0.3, -0.25) is 0 Å². The highest BCUT2D eigenvalue weighted by molar-refractivity contribution is 6.31. The average Bonchev–Trinajstić information content (AvgIpc) is 2.29. The van der Waals surface area contributed by atoms with Gasteiger partial charge in [0.2, 0.25) is 0 Å². The normalized spacial score (nSPS) is 21.2. The van der Waals surface area contributed by atoms with Gasteiger partial charge in [-0.1, -0.05) is 43.0 Å². The Kier molecular flexibility index (Phi) is 3.74. The Labute approximate surface area is 107 Å². The van der Waals surface area contributed by atoms with Crippen LogP contribution in [0.25, 0.3) is 0 Å². The summed E-state index contributed by atoms with van der Waals surface area (Å²) < 4.78 is 13.7. The Morgan fingerprint density at radius 1 is 1.29 bits per heavy atom. The molecule has 0 radical (unpaired) electrons. The summed E-state index contributed by atoms with van der Waals surface area (Å²) in [5, 5.41) is 0.493. The van der Waals surface area contributed by atoms with E-state index in [0.717, 1.165) is 31.2 Å². The Morgan fingerprint density at radius 3 is 2.53 bits per heavy atom. The Hall–Kier alpha value is -0.600. The second-order valence-corrected chi connectivity index (χ2v) is 5.44. The molecule has 94 valence electrons. The van der Waals surface area contributed by atoms with E-state index in [0.29, 0.717) is 10.6 Å². The molecule has 1 aromatic rings. The lowest BCUT2D eigenvalue weighted by molar-refractivity contribution is 0.290. The van der Waals surface area contributed by atoms with Crippen LogP contribution in [-0.4, -0.2) is 0 Å². The number of hydrogen-bond acceptors (Lipinski definition) is 1. The van der Waals surface area contributed by atoms with Crippen molar-refractivity contribution >= 4 is 11.6 Å². The summed E-state index contributed by atoms with van der Waals surface area (Å²) in [5.74, 6) is 0. The number of nitrogens with two attached hydrogens (primary N) is 1. The minimum Gasteiger partial charge on any atom is -0.321 e. The molecule has 0 amide bonds. The van der Waals surface area contributed by atoms with Crippen molar-refractivity contribution in [2.75, 3.05) is 0 Å². The largest absolute Gasteiger partial charge is 0.321 e. The molecule has 0 aliphatic heterocycles. The summed E-state index contributed by atoms with van der Waals surface area (Å²) in [6.07, 6.45) is 4.23. The zero-order valence-electron chi connectivity index (χ0n) is 10.2. The topological polar surface area (TPSA) is 26.0 Å². The molecule has 1 aliphatic carbocycles. The molecule has 1 nitrogen and oxygen atoms in total. The fourth-order valence-electron chi connectivity index (χ4n) is 2.83. The van der Waals surface area contributed by atoms with Gasteiger partial charge in [-0.25, -0.2) is 4.39 Å². The van der Waals surface area contributed by atoms with E-state index in [4.69, 9.17) is 17.3 Å². The zero-order valence-corrected chi connectivity index (χ0v) is 10.9. The first-order valence-electron chi connectivity index (χ1n) is 6.26. The second kappa shape index (κ2) is 4.95. The standard InChI is InChI=1S/C14H19ClFN/c1-10(16)13-11(6-5-7-12(13)15)14(17)8-3-2-4-9-14/h5-7,10H,2-4,8-9,17H2,1H3. The predicted octanol–water partition coefficient (Wildman–Crippen LogP) is 4.49. The molecule has 1 aromatic carbocycles. The van der Waals surface area contributed by atoms with E-state index in [1.54, 1.807) is 6.07 Å². The van der Waals surface area contributed by atoms with E-state index in [1.165, 1.54) is 13.3 Å². The Bertz CT molecular complexity index is 397. The molecule has 1 atom stereocenters. The molecular weight excluding hydrogens is 237 g/mol. The highest BCUT2D eigenvalue weighted by Gasteiger charge is 2.33. The Balaban J connectivity index is 2.46. The summed E-state index contributed by atoms with van der Waals surface area (Å²) in [4.78, 5) is 0. The van der Waals surface area contributed by atoms with Gasteiger partial charge in [-0.05, 0) is 31.4 Å². The fourth-order valence-corrected chi connectivity index (χ4v) is 3.15. The van der Waals surface area contributed by atoms with Gasteiger partial charge in [0.25, 0.3) is 0 Å². The summed E-state index contributed by atoms with van der Waals surface area (Å²) in [5.41, 5.74) is 7.56. The predicted molar refractivity (Wildman–Crippen MR) is 69.9 cm³/mol. The van der Waals surface area contributed by atoms with Crippen LogP contribution in [0.4, 0.5) is 4.39 Å². The van der Waals surface area contributed by atoms with Gasteiger partial charge >= 0.3 is 0 Å². The summed E-state index contributed by atoms with van der Waals surface area (Å²) in [6, 6.07) is 5.54. The van der Waals surface area contributed by atoms with E-state index >= 15 is 0 Å². The van der Waals surface area contributed by atoms with Gasteiger partial charge in [0.15, 0.2) is 0 Å². The third kappa shape index (κ3) is 2.48. The van der Waals surface area contributed by atoms with Crippen LogP contribution >= 0.6 is 11.6 Å². The molecule has 0 saturated heterocycles. The van der Waals surface area contributed by atoms with Crippen LogP contribution in [0.5, 0.6) is 0 Å². The first-order valence-corrected chi connectivity index (χ1v) is 6.64. The number of hydrogen-bond donors (Lipinski definition) is 1. The van der Waals surface area contributed by atoms with Crippen molar-refractivity contribution in [3.63, 3.8) is 0 Å². The smallest absolute Gasteiger partial charge is 0.124 e. The van der Waals surface area contributed by atoms with Crippen molar-refractivity contribution in [3.05, 3.63) is 34.3 Å². The summed E-state index contributed by atoms with van der Waals surface area (Å²) in [7, 11) is 0. The molecule has 0 aromatic heterocycles. The maximum Gasteiger partial charge on any atom is 0.124 e. The maximum absolute atomic E-state index is 13.7. The van der Waals surface area contributed by atoms with Gasteiger partial charge in [0, 0.05) is 16.1 Å². The zero-order chi connectivity index (χ0) is 12.5. The molecule has 1 aliphatic rings. The molecule has 0 spiro atoms. The SMILES string of the molecule is CC(F)c1c(Cl)cccc1C1(N)CCCCC1. The molecule has 1 saturated carbocycles. The van der Waals surface area contributed by atoms with Crippen molar-refractivity contribution in [2.45, 2.75) is 50.7 Å². The van der Waals surface area contributed by atoms with Crippen LogP contribution in [0.2, 0.25) is 5.02 Å². The highest BCUT2D eigenvalue weighted by Crippen LogP contribution is 2.41. The van der Waals surface area contributed by atoms with E-state index in [9.17, 15) is 4.39 Å². The van der Waals surface area contributed by atoms with Gasteiger partial charge < -0.3 is 5.73 Å². The van der Waals surface area contributed by atoms with E-state index < -0.39 is 11.7 Å². The van der Waals surface area contributed by atoms with Crippen molar-refractivity contribution in [2.24, 2.45) is 5.73 Å². The van der Waals surface area contributed by atoms with E-state index in [-0.39, 0.29) is 0 Å². The van der Waals surface area contributed by atoms with Crippen LogP contribution < -0.4 is 5.73 Å². The lowest BCUT2D eigenvalue weighted by Crippen LogP contribution is -2.39. The molecule has 0 heterocycles. The van der Waals surface area contributed by atoms with Crippen molar-refractivity contribution in [3.8, 4) is 0 Å². The highest BCUT2D eigenvalue weighted by atomic mass is 35.5. The molecule has 3 heteroatoms. The van der Waals surface area contributed by atoms with Crippen LogP contribution in [0.1, 0.15) is 56.3 Å². The third-order valence-corrected chi connectivity index (χ3v) is 4.06. The molecule has 2 rings (SSSR count). The summed E-state index contributed by atoms with van der Waals surface area (Å²) >= 11 is 6.11.